The van der Waals surface area contributed by atoms with Gasteiger partial charge in [-0.1, -0.05) is 0 Å². The van der Waals surface area contributed by atoms with Gasteiger partial charge in [0.25, 0.3) is 0 Å². The highest BCUT2D eigenvalue weighted by Gasteiger charge is 1.80. The smallest absolute Gasteiger partial charge is 0.0972 e. The minimum Gasteiger partial charge on any atom is -0.295 e. The van der Waals surface area contributed by atoms with Gasteiger partial charge < -0.3 is 0 Å². The van der Waals surface area contributed by atoms with Crippen molar-refractivity contribution >= 4 is 6.21 Å². The Hall–Kier alpha value is -0.610. The summed E-state index contributed by atoms with van der Waals surface area (Å²) < 4.78 is 0. The Morgan fingerprint density at radius 2 is 2.50 bits per heavy atom. The van der Waals surface area contributed by atoms with E-state index < -0.39 is 0 Å². The first-order valence-corrected chi connectivity index (χ1v) is 2.43. The van der Waals surface area contributed by atoms with Crippen LogP contribution in [0.5, 0.6) is 0 Å². The van der Waals surface area contributed by atoms with E-state index >= 15 is 0 Å². The normalized spacial score (nSPS) is 11.0. The summed E-state index contributed by atoms with van der Waals surface area (Å²) in [5, 5.41) is 5.22. The lowest BCUT2D eigenvalue weighted by Gasteiger charge is -2.06. The van der Waals surface area contributed by atoms with Crippen molar-refractivity contribution < 1.29 is 0 Å². The van der Waals surface area contributed by atoms with Crippen LogP contribution in [0.15, 0.2) is 5.10 Å². The van der Waals surface area contributed by atoms with E-state index in [0.29, 0.717) is 6.67 Å². The van der Waals surface area contributed by atoms with Crippen LogP contribution in [-0.2, 0) is 0 Å². The number of hydrogen-bond acceptors (Lipinski definition) is 4. The average Bonchev–Trinajstić information content (AvgIpc) is 1.66. The van der Waals surface area contributed by atoms with Gasteiger partial charge in [0, 0.05) is 13.3 Å². The Bertz CT molecular complexity index is 68.4. The summed E-state index contributed by atoms with van der Waals surface area (Å²) in [5.74, 6) is 5.23. The van der Waals surface area contributed by atoms with Gasteiger partial charge in [0.1, 0.15) is 0 Å². The number of hydrogen-bond donors (Lipinski definition) is 2. The summed E-state index contributed by atoms with van der Waals surface area (Å²) in [6.45, 7) is 2.41. The number of hydrazone groups is 1. The van der Waals surface area contributed by atoms with E-state index in [4.69, 9.17) is 5.84 Å². The highest BCUT2D eigenvalue weighted by Crippen LogP contribution is 1.60. The largest absolute Gasteiger partial charge is 0.295 e. The first-order valence-electron chi connectivity index (χ1n) is 2.43. The molecule has 0 heterocycles. The van der Waals surface area contributed by atoms with Gasteiger partial charge in [-0.15, -0.1) is 0 Å². The average molecular weight is 116 g/mol. The lowest BCUT2D eigenvalue weighted by molar-refractivity contribution is 0.322. The Morgan fingerprint density at radius 3 is 2.88 bits per heavy atom. The molecule has 0 aromatic rings. The highest BCUT2D eigenvalue weighted by molar-refractivity contribution is 5.52. The number of nitrogens with two attached hydrogens (primary N) is 1. The van der Waals surface area contributed by atoms with Gasteiger partial charge in [0.15, 0.2) is 0 Å². The first-order chi connectivity index (χ1) is 3.77. The molecule has 4 heteroatoms. The van der Waals surface area contributed by atoms with Crippen molar-refractivity contribution in [3.8, 4) is 0 Å². The summed E-state index contributed by atoms with van der Waals surface area (Å²) >= 11 is 0. The molecular weight excluding hydrogens is 104 g/mol. The molecule has 0 aliphatic carbocycles. The second kappa shape index (κ2) is 4.55. The van der Waals surface area contributed by atoms with Gasteiger partial charge >= 0.3 is 0 Å². The molecule has 0 saturated heterocycles. The Morgan fingerprint density at radius 1 is 1.88 bits per heavy atom. The van der Waals surface area contributed by atoms with Gasteiger partial charge in [0.2, 0.25) is 0 Å². The van der Waals surface area contributed by atoms with Crippen molar-refractivity contribution in [3.63, 3.8) is 0 Å². The highest BCUT2D eigenvalue weighted by atomic mass is 15.5. The molecule has 0 bridgehead atoms. The fraction of sp³-hybridized carbons (Fsp3) is 0.750. The molecule has 0 rings (SSSR count). The molecule has 0 spiro atoms. The van der Waals surface area contributed by atoms with Crippen LogP contribution in [0.25, 0.3) is 0 Å². The molecule has 0 aromatic heterocycles. The monoisotopic (exact) mass is 116 g/mol. The fourth-order valence-electron chi connectivity index (χ4n) is 0.244. The van der Waals surface area contributed by atoms with Crippen LogP contribution in [0.3, 0.4) is 0 Å². The van der Waals surface area contributed by atoms with E-state index in [1.807, 2.05) is 6.92 Å². The zero-order valence-corrected chi connectivity index (χ0v) is 5.26. The Labute approximate surface area is 49.3 Å². The van der Waals surface area contributed by atoms with Crippen LogP contribution in [-0.4, -0.2) is 24.9 Å². The predicted octanol–water partition coefficient (Wildman–Crippen LogP) is -0.655. The fourth-order valence-corrected chi connectivity index (χ4v) is 0.244. The van der Waals surface area contributed by atoms with E-state index in [2.05, 4.69) is 10.5 Å². The molecule has 48 valence electrons. The number of hydrazine groups is 1. The lowest BCUT2D eigenvalue weighted by atomic mass is 10.9. The molecule has 0 unspecified atom stereocenters. The first kappa shape index (κ1) is 7.39. The minimum atomic E-state index is 0.574. The Balaban J connectivity index is 2.93. The van der Waals surface area contributed by atoms with E-state index in [-0.39, 0.29) is 0 Å². The second-order valence-corrected chi connectivity index (χ2v) is 1.46. The SMILES string of the molecule is CC=NNCN(C)N. The van der Waals surface area contributed by atoms with E-state index in [0.717, 1.165) is 0 Å². The van der Waals surface area contributed by atoms with E-state index in [1.165, 1.54) is 5.01 Å². The number of nitrogens with one attached hydrogen (secondary N) is 1. The van der Waals surface area contributed by atoms with Gasteiger partial charge in [-0.25, -0.2) is 5.01 Å². The third-order valence-electron chi connectivity index (χ3n) is 0.540. The molecule has 4 nitrogen and oxygen atoms in total. The maximum atomic E-state index is 5.23. The van der Waals surface area contributed by atoms with Crippen molar-refractivity contribution in [2.45, 2.75) is 6.92 Å². The maximum Gasteiger partial charge on any atom is 0.0972 e. The third-order valence-corrected chi connectivity index (χ3v) is 0.540. The number of rotatable bonds is 3. The molecule has 0 radical (unpaired) electrons. The zero-order chi connectivity index (χ0) is 6.41. The quantitative estimate of drug-likeness (QED) is 0.223. The van der Waals surface area contributed by atoms with Gasteiger partial charge in [-0.05, 0) is 6.92 Å². The van der Waals surface area contributed by atoms with Crippen LogP contribution in [0, 0.1) is 0 Å². The molecule has 8 heavy (non-hydrogen) atoms. The molecule has 0 amide bonds. The van der Waals surface area contributed by atoms with Crippen LogP contribution in [0.2, 0.25) is 0 Å². The molecule has 0 aliphatic rings. The van der Waals surface area contributed by atoms with Crippen LogP contribution < -0.4 is 11.3 Å². The predicted molar refractivity (Wildman–Crippen MR) is 34.1 cm³/mol. The summed E-state index contributed by atoms with van der Waals surface area (Å²) in [6, 6.07) is 0. The minimum absolute atomic E-state index is 0.574. The number of nitrogens with zero attached hydrogens (tertiary/aromatic N) is 2. The Kier molecular flexibility index (Phi) is 4.20. The van der Waals surface area contributed by atoms with Crippen molar-refractivity contribution in [2.75, 3.05) is 13.7 Å². The van der Waals surface area contributed by atoms with Crippen LogP contribution in [0.1, 0.15) is 6.92 Å². The molecule has 3 N–H and O–H groups in total. The van der Waals surface area contributed by atoms with Crippen LogP contribution in [0.4, 0.5) is 0 Å². The molecule has 0 aromatic carbocycles. The molecular formula is C4H12N4. The summed E-state index contributed by atoms with van der Waals surface area (Å²) in [4.78, 5) is 0. The maximum absolute atomic E-state index is 5.23. The van der Waals surface area contributed by atoms with Crippen molar-refractivity contribution in [1.82, 2.24) is 10.4 Å². The summed E-state index contributed by atoms with van der Waals surface area (Å²) in [7, 11) is 1.76. The second-order valence-electron chi connectivity index (χ2n) is 1.46. The van der Waals surface area contributed by atoms with Crippen molar-refractivity contribution in [2.24, 2.45) is 10.9 Å². The van der Waals surface area contributed by atoms with Gasteiger partial charge in [-0.2, -0.15) is 5.10 Å². The summed E-state index contributed by atoms with van der Waals surface area (Å²) in [6.07, 6.45) is 1.67. The third kappa shape index (κ3) is 5.39. The standard InChI is InChI=1S/C4H12N4/c1-3-6-7-4-8(2)5/h3,7H,4-5H2,1-2H3. The molecule has 0 aliphatic heterocycles. The molecule has 0 saturated carbocycles. The van der Waals surface area contributed by atoms with E-state index in [9.17, 15) is 0 Å². The topological polar surface area (TPSA) is 53.7 Å². The van der Waals surface area contributed by atoms with Gasteiger partial charge in [0.05, 0.1) is 6.67 Å². The molecule has 0 atom stereocenters. The molecule has 0 fully saturated rings. The van der Waals surface area contributed by atoms with Crippen molar-refractivity contribution in [3.05, 3.63) is 0 Å². The zero-order valence-electron chi connectivity index (χ0n) is 5.26. The van der Waals surface area contributed by atoms with Crippen molar-refractivity contribution in [1.29, 1.82) is 0 Å². The van der Waals surface area contributed by atoms with Crippen LogP contribution >= 0.6 is 0 Å². The van der Waals surface area contributed by atoms with Gasteiger partial charge in [-0.3, -0.25) is 11.3 Å². The van der Waals surface area contributed by atoms with E-state index in [1.54, 1.807) is 13.3 Å². The lowest BCUT2D eigenvalue weighted by Crippen LogP contribution is -2.33. The summed E-state index contributed by atoms with van der Waals surface area (Å²) in [5.41, 5.74) is 2.70.